The minimum Gasteiger partial charge on any atom is -0.372 e. The number of carbonyl (C=O) groups excluding carboxylic acids is 1. The van der Waals surface area contributed by atoms with Gasteiger partial charge in [-0.2, -0.15) is 0 Å². The van der Waals surface area contributed by atoms with Crippen molar-refractivity contribution in [1.82, 2.24) is 14.9 Å². The van der Waals surface area contributed by atoms with Crippen LogP contribution in [-0.2, 0) is 6.42 Å². The van der Waals surface area contributed by atoms with Crippen LogP contribution in [-0.4, -0.2) is 47.5 Å². The van der Waals surface area contributed by atoms with Crippen molar-refractivity contribution in [1.29, 1.82) is 0 Å². The van der Waals surface area contributed by atoms with E-state index in [-0.39, 0.29) is 5.91 Å². The Balaban J connectivity index is 2.03. The van der Waals surface area contributed by atoms with Crippen LogP contribution in [0.4, 0.5) is 5.69 Å². The Kier molecular flexibility index (Phi) is 6.09. The van der Waals surface area contributed by atoms with Crippen LogP contribution < -0.4 is 4.90 Å². The molecule has 0 aliphatic carbocycles. The van der Waals surface area contributed by atoms with Gasteiger partial charge in [0, 0.05) is 51.0 Å². The second kappa shape index (κ2) is 8.27. The van der Waals surface area contributed by atoms with E-state index in [1.807, 2.05) is 31.3 Å². The molecule has 0 atom stereocenters. The fourth-order valence-corrected chi connectivity index (χ4v) is 2.47. The molecule has 0 radical (unpaired) electrons. The van der Waals surface area contributed by atoms with Crippen molar-refractivity contribution in [2.45, 2.75) is 20.3 Å². The van der Waals surface area contributed by atoms with E-state index in [1.54, 1.807) is 23.5 Å². The monoisotopic (exact) mass is 312 g/mol. The van der Waals surface area contributed by atoms with E-state index in [2.05, 4.69) is 28.7 Å². The van der Waals surface area contributed by atoms with Gasteiger partial charge in [-0.1, -0.05) is 0 Å². The fourth-order valence-electron chi connectivity index (χ4n) is 2.47. The van der Waals surface area contributed by atoms with E-state index < -0.39 is 0 Å². The van der Waals surface area contributed by atoms with Gasteiger partial charge in [0.25, 0.3) is 5.91 Å². The first kappa shape index (κ1) is 16.9. The lowest BCUT2D eigenvalue weighted by atomic mass is 10.2. The average molecular weight is 312 g/mol. The predicted octanol–water partition coefficient (Wildman–Crippen LogP) is 2.64. The fraction of sp³-hybridized carbons (Fsp3) is 0.389. The van der Waals surface area contributed by atoms with Crippen LogP contribution in [0.1, 0.15) is 29.9 Å². The maximum Gasteiger partial charge on any atom is 0.272 e. The number of amides is 1. The number of anilines is 1. The second-order valence-electron chi connectivity index (χ2n) is 5.40. The summed E-state index contributed by atoms with van der Waals surface area (Å²) in [7, 11) is 1.81. The van der Waals surface area contributed by atoms with Crippen molar-refractivity contribution in [2.75, 3.05) is 31.6 Å². The molecule has 0 N–H and O–H groups in total. The van der Waals surface area contributed by atoms with Crippen molar-refractivity contribution in [2.24, 2.45) is 0 Å². The van der Waals surface area contributed by atoms with Gasteiger partial charge in [0.1, 0.15) is 5.69 Å². The van der Waals surface area contributed by atoms with E-state index in [0.29, 0.717) is 12.2 Å². The lowest BCUT2D eigenvalue weighted by Gasteiger charge is -2.22. The summed E-state index contributed by atoms with van der Waals surface area (Å²) < 4.78 is 0. The molecule has 2 aromatic rings. The minimum atomic E-state index is -0.0481. The van der Waals surface area contributed by atoms with E-state index >= 15 is 0 Å². The van der Waals surface area contributed by atoms with Crippen LogP contribution in [0.3, 0.4) is 0 Å². The van der Waals surface area contributed by atoms with Gasteiger partial charge in [0.2, 0.25) is 0 Å². The van der Waals surface area contributed by atoms with Crippen LogP contribution >= 0.6 is 0 Å². The number of nitrogens with zero attached hydrogens (tertiary/aromatic N) is 4. The molecule has 5 nitrogen and oxygen atoms in total. The first-order valence-electron chi connectivity index (χ1n) is 8.01. The number of rotatable bonds is 7. The highest BCUT2D eigenvalue weighted by molar-refractivity contribution is 5.93. The average Bonchev–Trinajstić information content (AvgIpc) is 2.61. The molecule has 0 bridgehead atoms. The summed E-state index contributed by atoms with van der Waals surface area (Å²) in [4.78, 5) is 24.7. The highest BCUT2D eigenvalue weighted by Gasteiger charge is 2.14. The lowest BCUT2D eigenvalue weighted by molar-refractivity contribution is 0.0791. The molecule has 0 saturated carbocycles. The van der Waals surface area contributed by atoms with Crippen LogP contribution in [0.2, 0.25) is 0 Å². The Bertz CT molecular complexity index is 626. The molecule has 1 amide bonds. The molecule has 2 aromatic heterocycles. The number of likely N-dealkylation sites (N-methyl/N-ethyl adjacent to an activating group) is 1. The zero-order valence-corrected chi connectivity index (χ0v) is 14.1. The van der Waals surface area contributed by atoms with Crippen LogP contribution in [0.5, 0.6) is 0 Å². The molecule has 0 fully saturated rings. The lowest BCUT2D eigenvalue weighted by Crippen LogP contribution is -2.30. The van der Waals surface area contributed by atoms with Crippen LogP contribution in [0, 0.1) is 0 Å². The molecule has 2 rings (SSSR count). The van der Waals surface area contributed by atoms with E-state index in [1.165, 1.54) is 5.56 Å². The van der Waals surface area contributed by atoms with E-state index in [0.717, 1.165) is 25.2 Å². The molecule has 0 aliphatic rings. The summed E-state index contributed by atoms with van der Waals surface area (Å²) in [6, 6.07) is 7.76. The summed E-state index contributed by atoms with van der Waals surface area (Å²) in [6.45, 7) is 6.68. The van der Waals surface area contributed by atoms with Crippen molar-refractivity contribution >= 4 is 11.6 Å². The standard InChI is InChI=1S/C18H24N4O/c1-4-22(5-2)16-8-12-20-17(14-16)18(23)21(3)13-9-15-6-10-19-11-7-15/h6-8,10-12,14H,4-5,9,13H2,1-3H3. The molecular weight excluding hydrogens is 288 g/mol. The molecule has 23 heavy (non-hydrogen) atoms. The molecule has 0 aliphatic heterocycles. The van der Waals surface area contributed by atoms with E-state index in [4.69, 9.17) is 0 Å². The van der Waals surface area contributed by atoms with Gasteiger partial charge in [0.15, 0.2) is 0 Å². The first-order valence-corrected chi connectivity index (χ1v) is 8.01. The molecule has 0 aromatic carbocycles. The van der Waals surface area contributed by atoms with Gasteiger partial charge in [-0.3, -0.25) is 14.8 Å². The number of hydrogen-bond acceptors (Lipinski definition) is 4. The molecule has 0 unspecified atom stereocenters. The predicted molar refractivity (Wildman–Crippen MR) is 92.7 cm³/mol. The van der Waals surface area contributed by atoms with Gasteiger partial charge in [-0.15, -0.1) is 0 Å². The van der Waals surface area contributed by atoms with Crippen molar-refractivity contribution in [3.8, 4) is 0 Å². The maximum atomic E-state index is 12.5. The summed E-state index contributed by atoms with van der Waals surface area (Å²) in [5.41, 5.74) is 2.70. The Morgan fingerprint density at radius 3 is 2.43 bits per heavy atom. The highest BCUT2D eigenvalue weighted by atomic mass is 16.2. The first-order chi connectivity index (χ1) is 11.2. The highest BCUT2D eigenvalue weighted by Crippen LogP contribution is 2.15. The molecule has 0 spiro atoms. The van der Waals surface area contributed by atoms with E-state index in [9.17, 15) is 4.79 Å². The molecule has 5 heteroatoms. The minimum absolute atomic E-state index is 0.0481. The normalized spacial score (nSPS) is 10.4. The molecule has 122 valence electrons. The summed E-state index contributed by atoms with van der Waals surface area (Å²) in [6.07, 6.45) is 6.05. The zero-order valence-electron chi connectivity index (χ0n) is 14.1. The third kappa shape index (κ3) is 4.52. The number of carbonyl (C=O) groups is 1. The Hall–Kier alpha value is -2.43. The molecule has 2 heterocycles. The van der Waals surface area contributed by atoms with Crippen LogP contribution in [0.15, 0.2) is 42.9 Å². The zero-order chi connectivity index (χ0) is 16.7. The quantitative estimate of drug-likeness (QED) is 0.788. The third-order valence-electron chi connectivity index (χ3n) is 3.92. The van der Waals surface area contributed by atoms with Gasteiger partial charge in [0.05, 0.1) is 0 Å². The maximum absolute atomic E-state index is 12.5. The van der Waals surface area contributed by atoms with Crippen LogP contribution in [0.25, 0.3) is 0 Å². The van der Waals surface area contributed by atoms with Crippen molar-refractivity contribution in [3.05, 3.63) is 54.1 Å². The van der Waals surface area contributed by atoms with Gasteiger partial charge < -0.3 is 9.80 Å². The Morgan fingerprint density at radius 1 is 1.09 bits per heavy atom. The summed E-state index contributed by atoms with van der Waals surface area (Å²) >= 11 is 0. The second-order valence-corrected chi connectivity index (χ2v) is 5.40. The molecule has 0 saturated heterocycles. The van der Waals surface area contributed by atoms with Gasteiger partial charge in [-0.05, 0) is 50.1 Å². The summed E-state index contributed by atoms with van der Waals surface area (Å²) in [5.74, 6) is -0.0481. The number of pyridine rings is 2. The largest absolute Gasteiger partial charge is 0.372 e. The third-order valence-corrected chi connectivity index (χ3v) is 3.92. The summed E-state index contributed by atoms with van der Waals surface area (Å²) in [5, 5.41) is 0. The Labute approximate surface area is 138 Å². The van der Waals surface area contributed by atoms with Crippen molar-refractivity contribution in [3.63, 3.8) is 0 Å². The topological polar surface area (TPSA) is 49.3 Å². The van der Waals surface area contributed by atoms with Crippen molar-refractivity contribution < 1.29 is 4.79 Å². The number of aromatic nitrogens is 2. The smallest absolute Gasteiger partial charge is 0.272 e. The van der Waals surface area contributed by atoms with Gasteiger partial charge >= 0.3 is 0 Å². The molecular formula is C18H24N4O. The number of hydrogen-bond donors (Lipinski definition) is 0. The van der Waals surface area contributed by atoms with Gasteiger partial charge in [-0.25, -0.2) is 0 Å². The Morgan fingerprint density at radius 2 is 1.78 bits per heavy atom. The SMILES string of the molecule is CCN(CC)c1ccnc(C(=O)N(C)CCc2ccncc2)c1.